The number of aromatic amines is 1. The number of benzene rings is 1. The zero-order valence-corrected chi connectivity index (χ0v) is 7.71. The summed E-state index contributed by atoms with van der Waals surface area (Å²) in [4.78, 5) is 17.3. The maximum atomic E-state index is 11.9. The number of nitrogens with zero attached hydrogens (tertiary/aromatic N) is 1. The molecule has 0 saturated carbocycles. The van der Waals surface area contributed by atoms with Crippen LogP contribution in [0.5, 0.6) is 5.75 Å². The molecule has 0 bridgehead atoms. The molecule has 0 unspecified atom stereocenters. The summed E-state index contributed by atoms with van der Waals surface area (Å²) in [6.45, 7) is 0. The van der Waals surface area contributed by atoms with Crippen molar-refractivity contribution >= 4 is 10.9 Å². The summed E-state index contributed by atoms with van der Waals surface area (Å²) in [5.74, 6) is -0.405. The Kier molecular flexibility index (Phi) is 2.30. The molecule has 84 valence electrons. The van der Waals surface area contributed by atoms with E-state index >= 15 is 0 Å². The van der Waals surface area contributed by atoms with Gasteiger partial charge in [-0.25, -0.2) is 4.98 Å². The van der Waals surface area contributed by atoms with Gasteiger partial charge in [-0.15, -0.1) is 13.2 Å². The summed E-state index contributed by atoms with van der Waals surface area (Å²) in [6, 6.07) is 3.34. The number of ether oxygens (including phenoxy) is 1. The van der Waals surface area contributed by atoms with Crippen LogP contribution < -0.4 is 10.3 Å². The fraction of sp³-hybridized carbons (Fsp3) is 0.111. The van der Waals surface area contributed by atoms with Gasteiger partial charge in [-0.1, -0.05) is 0 Å². The van der Waals surface area contributed by atoms with Crippen molar-refractivity contribution in [2.24, 2.45) is 0 Å². The molecule has 0 atom stereocenters. The van der Waals surface area contributed by atoms with Gasteiger partial charge in [-0.2, -0.15) is 0 Å². The third-order valence-electron chi connectivity index (χ3n) is 1.85. The minimum absolute atomic E-state index is 0.144. The summed E-state index contributed by atoms with van der Waals surface area (Å²) in [7, 11) is 0. The van der Waals surface area contributed by atoms with Crippen molar-refractivity contribution in [1.82, 2.24) is 9.97 Å². The Hall–Kier alpha value is -2.05. The summed E-state index contributed by atoms with van der Waals surface area (Å²) in [6.07, 6.45) is -3.64. The number of fused-ring (bicyclic) bond motifs is 1. The zero-order valence-electron chi connectivity index (χ0n) is 7.71. The van der Waals surface area contributed by atoms with Crippen molar-refractivity contribution in [3.8, 4) is 5.75 Å². The summed E-state index contributed by atoms with van der Waals surface area (Å²) < 4.78 is 39.4. The van der Waals surface area contributed by atoms with Crippen LogP contribution in [0.25, 0.3) is 10.9 Å². The van der Waals surface area contributed by atoms with Crippen molar-refractivity contribution in [2.75, 3.05) is 0 Å². The number of hydrogen-bond donors (Lipinski definition) is 1. The number of alkyl halides is 3. The van der Waals surface area contributed by atoms with E-state index < -0.39 is 17.7 Å². The topological polar surface area (TPSA) is 55.0 Å². The molecular weight excluding hydrogens is 225 g/mol. The number of halogens is 3. The highest BCUT2D eigenvalue weighted by atomic mass is 19.4. The van der Waals surface area contributed by atoms with Crippen LogP contribution in [0.1, 0.15) is 0 Å². The molecule has 4 nitrogen and oxygen atoms in total. The molecule has 2 rings (SSSR count). The van der Waals surface area contributed by atoms with Gasteiger partial charge in [0.2, 0.25) is 0 Å². The number of nitrogens with one attached hydrogen (secondary N) is 1. The van der Waals surface area contributed by atoms with Crippen molar-refractivity contribution in [1.29, 1.82) is 0 Å². The van der Waals surface area contributed by atoms with Crippen LogP contribution in [0.4, 0.5) is 13.2 Å². The first-order valence-corrected chi connectivity index (χ1v) is 4.19. The maximum Gasteiger partial charge on any atom is 0.573 e. The molecule has 0 aliphatic heterocycles. The molecule has 0 amide bonds. The van der Waals surface area contributed by atoms with E-state index in [-0.39, 0.29) is 10.9 Å². The molecular formula is C9H5F3N2O2. The summed E-state index contributed by atoms with van der Waals surface area (Å²) in [5, 5.41) is 0.206. The fourth-order valence-corrected chi connectivity index (χ4v) is 1.25. The molecule has 16 heavy (non-hydrogen) atoms. The second-order valence-corrected chi connectivity index (χ2v) is 2.96. The Morgan fingerprint density at radius 2 is 2.06 bits per heavy atom. The van der Waals surface area contributed by atoms with Crippen LogP contribution in [0, 0.1) is 0 Å². The minimum atomic E-state index is -4.76. The fourth-order valence-electron chi connectivity index (χ4n) is 1.25. The van der Waals surface area contributed by atoms with Gasteiger partial charge in [0.05, 0.1) is 17.2 Å². The molecule has 7 heteroatoms. The normalized spacial score (nSPS) is 11.7. The molecule has 0 saturated heterocycles. The number of H-pyrrole nitrogens is 1. The van der Waals surface area contributed by atoms with E-state index in [0.717, 1.165) is 18.5 Å². The molecule has 1 aromatic heterocycles. The monoisotopic (exact) mass is 230 g/mol. The Labute approximate surface area is 86.7 Å². The molecule has 0 spiro atoms. The average molecular weight is 230 g/mol. The molecule has 0 fully saturated rings. The SMILES string of the molecule is O=c1[nH]cnc2cc(OC(F)(F)F)ccc12. The maximum absolute atomic E-state index is 11.9. The van der Waals surface area contributed by atoms with Crippen molar-refractivity contribution in [3.63, 3.8) is 0 Å². The van der Waals surface area contributed by atoms with Crippen LogP contribution in [-0.2, 0) is 0 Å². The van der Waals surface area contributed by atoms with Crippen molar-refractivity contribution < 1.29 is 17.9 Å². The quantitative estimate of drug-likeness (QED) is 0.812. The molecule has 1 aromatic carbocycles. The van der Waals surface area contributed by atoms with E-state index in [1.807, 2.05) is 0 Å². The van der Waals surface area contributed by atoms with E-state index in [0.29, 0.717) is 0 Å². The van der Waals surface area contributed by atoms with Gasteiger partial charge in [-0.3, -0.25) is 4.79 Å². The minimum Gasteiger partial charge on any atom is -0.406 e. The van der Waals surface area contributed by atoms with Crippen LogP contribution in [-0.4, -0.2) is 16.3 Å². The lowest BCUT2D eigenvalue weighted by atomic mass is 10.2. The van der Waals surface area contributed by atoms with E-state index in [1.165, 1.54) is 6.07 Å². The first-order valence-electron chi connectivity index (χ1n) is 4.19. The highest BCUT2D eigenvalue weighted by Crippen LogP contribution is 2.24. The lowest BCUT2D eigenvalue weighted by molar-refractivity contribution is -0.274. The van der Waals surface area contributed by atoms with Gasteiger partial charge < -0.3 is 9.72 Å². The number of rotatable bonds is 1. The van der Waals surface area contributed by atoms with E-state index in [1.54, 1.807) is 0 Å². The highest BCUT2D eigenvalue weighted by molar-refractivity contribution is 5.78. The lowest BCUT2D eigenvalue weighted by Crippen LogP contribution is -2.17. The van der Waals surface area contributed by atoms with Crippen LogP contribution in [0.3, 0.4) is 0 Å². The van der Waals surface area contributed by atoms with Crippen LogP contribution in [0.2, 0.25) is 0 Å². The highest BCUT2D eigenvalue weighted by Gasteiger charge is 2.31. The van der Waals surface area contributed by atoms with Crippen molar-refractivity contribution in [2.45, 2.75) is 6.36 Å². The predicted molar refractivity (Wildman–Crippen MR) is 49.0 cm³/mol. The van der Waals surface area contributed by atoms with Crippen molar-refractivity contribution in [3.05, 3.63) is 34.9 Å². The molecule has 0 radical (unpaired) electrons. The van der Waals surface area contributed by atoms with E-state index in [9.17, 15) is 18.0 Å². The molecule has 1 N–H and O–H groups in total. The Morgan fingerprint density at radius 1 is 1.31 bits per heavy atom. The van der Waals surface area contributed by atoms with Crippen LogP contribution >= 0.6 is 0 Å². The Morgan fingerprint density at radius 3 is 2.75 bits per heavy atom. The second-order valence-electron chi connectivity index (χ2n) is 2.96. The molecule has 1 heterocycles. The number of hydrogen-bond acceptors (Lipinski definition) is 3. The molecule has 2 aromatic rings. The van der Waals surface area contributed by atoms with E-state index in [4.69, 9.17) is 0 Å². The Bertz CT molecular complexity index is 577. The lowest BCUT2D eigenvalue weighted by Gasteiger charge is -2.08. The summed E-state index contributed by atoms with van der Waals surface area (Å²) >= 11 is 0. The van der Waals surface area contributed by atoms with Gasteiger partial charge in [0, 0.05) is 6.07 Å². The third kappa shape index (κ3) is 2.13. The summed E-state index contributed by atoms with van der Waals surface area (Å²) in [5.41, 5.74) is -0.269. The smallest absolute Gasteiger partial charge is 0.406 e. The van der Waals surface area contributed by atoms with Gasteiger partial charge in [0.25, 0.3) is 5.56 Å². The van der Waals surface area contributed by atoms with Gasteiger partial charge in [0.15, 0.2) is 0 Å². The Balaban J connectivity index is 2.49. The zero-order chi connectivity index (χ0) is 11.8. The largest absolute Gasteiger partial charge is 0.573 e. The van der Waals surface area contributed by atoms with Crippen LogP contribution in [0.15, 0.2) is 29.3 Å². The average Bonchev–Trinajstić information content (AvgIpc) is 2.15. The van der Waals surface area contributed by atoms with Gasteiger partial charge in [0.1, 0.15) is 5.75 Å². The van der Waals surface area contributed by atoms with Gasteiger partial charge in [-0.05, 0) is 12.1 Å². The predicted octanol–water partition coefficient (Wildman–Crippen LogP) is 1.82. The van der Waals surface area contributed by atoms with E-state index in [2.05, 4.69) is 14.7 Å². The third-order valence-corrected chi connectivity index (χ3v) is 1.85. The molecule has 0 aliphatic carbocycles. The van der Waals surface area contributed by atoms with Gasteiger partial charge >= 0.3 is 6.36 Å². The first-order chi connectivity index (χ1) is 7.46. The first kappa shape index (κ1) is 10.5. The standard InChI is InChI=1S/C9H5F3N2O2/c10-9(11,12)16-5-1-2-6-7(3-5)13-4-14-8(6)15/h1-4H,(H,13,14,15). The molecule has 0 aliphatic rings. The number of aromatic nitrogens is 2. The second kappa shape index (κ2) is 3.51.